The zero-order chi connectivity index (χ0) is 11.4. The first-order valence-corrected chi connectivity index (χ1v) is 6.25. The van der Waals surface area contributed by atoms with Gasteiger partial charge in [-0.05, 0) is 38.8 Å². The summed E-state index contributed by atoms with van der Waals surface area (Å²) in [4.78, 5) is 24.3. The molecule has 0 atom stereocenters. The highest BCUT2D eigenvalue weighted by atomic mass is 16.1. The summed E-state index contributed by atoms with van der Waals surface area (Å²) in [6.45, 7) is 2.75. The molecule has 2 aliphatic rings. The fourth-order valence-corrected chi connectivity index (χ4v) is 2.10. The lowest BCUT2D eigenvalue weighted by Crippen LogP contribution is -2.37. The minimum atomic E-state index is 0.181. The summed E-state index contributed by atoms with van der Waals surface area (Å²) >= 11 is 0. The van der Waals surface area contributed by atoms with Crippen molar-refractivity contribution in [1.82, 2.24) is 10.2 Å². The smallest absolute Gasteiger partial charge is 0.221 e. The maximum Gasteiger partial charge on any atom is 0.221 e. The van der Waals surface area contributed by atoms with Crippen molar-refractivity contribution in [2.24, 2.45) is 5.92 Å². The third-order valence-electron chi connectivity index (χ3n) is 3.42. The zero-order valence-corrected chi connectivity index (χ0v) is 9.65. The standard InChI is InChI=1S/C12H20N2O2/c15-9-10-3-6-14(7-4-10)8-5-12(16)13-11-1-2-11/h9-11H,1-8H2,(H,13,16). The van der Waals surface area contributed by atoms with Gasteiger partial charge in [0.15, 0.2) is 0 Å². The van der Waals surface area contributed by atoms with Gasteiger partial charge in [0.05, 0.1) is 0 Å². The molecule has 0 aromatic heterocycles. The number of amides is 1. The Bertz CT molecular complexity index is 256. The average molecular weight is 224 g/mol. The first-order chi connectivity index (χ1) is 7.78. The summed E-state index contributed by atoms with van der Waals surface area (Å²) < 4.78 is 0. The summed E-state index contributed by atoms with van der Waals surface area (Å²) in [7, 11) is 0. The van der Waals surface area contributed by atoms with E-state index in [1.54, 1.807) is 0 Å². The number of carbonyl (C=O) groups is 2. The normalized spacial score (nSPS) is 23.0. The number of rotatable bonds is 5. The van der Waals surface area contributed by atoms with E-state index in [9.17, 15) is 9.59 Å². The fraction of sp³-hybridized carbons (Fsp3) is 0.833. The predicted octanol–water partition coefficient (Wildman–Crippen LogP) is 0.566. The Morgan fingerprint density at radius 3 is 2.50 bits per heavy atom. The molecule has 0 bridgehead atoms. The Morgan fingerprint density at radius 1 is 1.25 bits per heavy atom. The Labute approximate surface area is 96.4 Å². The van der Waals surface area contributed by atoms with Crippen LogP contribution in [-0.2, 0) is 9.59 Å². The fourth-order valence-electron chi connectivity index (χ4n) is 2.10. The highest BCUT2D eigenvalue weighted by Crippen LogP contribution is 2.19. The molecule has 90 valence electrons. The number of nitrogens with zero attached hydrogens (tertiary/aromatic N) is 1. The summed E-state index contributed by atoms with van der Waals surface area (Å²) in [5.74, 6) is 0.427. The molecule has 1 aliphatic heterocycles. The van der Waals surface area contributed by atoms with E-state index in [-0.39, 0.29) is 11.8 Å². The molecule has 4 heteroatoms. The van der Waals surface area contributed by atoms with Gasteiger partial charge < -0.3 is 15.0 Å². The zero-order valence-electron chi connectivity index (χ0n) is 9.65. The Morgan fingerprint density at radius 2 is 1.94 bits per heavy atom. The first-order valence-electron chi connectivity index (χ1n) is 6.25. The molecular weight excluding hydrogens is 204 g/mol. The molecule has 0 aromatic carbocycles. The van der Waals surface area contributed by atoms with Crippen molar-refractivity contribution in [2.75, 3.05) is 19.6 Å². The monoisotopic (exact) mass is 224 g/mol. The largest absolute Gasteiger partial charge is 0.353 e. The van der Waals surface area contributed by atoms with Crippen molar-refractivity contribution in [2.45, 2.75) is 38.1 Å². The quantitative estimate of drug-likeness (QED) is 0.694. The van der Waals surface area contributed by atoms with Crippen LogP contribution in [-0.4, -0.2) is 42.8 Å². The van der Waals surface area contributed by atoms with Crippen LogP contribution in [0.1, 0.15) is 32.1 Å². The SMILES string of the molecule is O=CC1CCN(CCC(=O)NC2CC2)CC1. The molecule has 1 N–H and O–H groups in total. The van der Waals surface area contributed by atoms with Gasteiger partial charge in [0.1, 0.15) is 6.29 Å². The highest BCUT2D eigenvalue weighted by Gasteiger charge is 2.24. The number of carbonyl (C=O) groups excluding carboxylic acids is 2. The number of hydrogen-bond acceptors (Lipinski definition) is 3. The van der Waals surface area contributed by atoms with Crippen LogP contribution < -0.4 is 5.32 Å². The van der Waals surface area contributed by atoms with Gasteiger partial charge in [0.25, 0.3) is 0 Å². The lowest BCUT2D eigenvalue weighted by molar-refractivity contribution is -0.121. The molecule has 16 heavy (non-hydrogen) atoms. The second kappa shape index (κ2) is 5.43. The summed E-state index contributed by atoms with van der Waals surface area (Å²) in [6, 6.07) is 0.466. The molecule has 1 aliphatic carbocycles. The second-order valence-electron chi connectivity index (χ2n) is 4.91. The van der Waals surface area contributed by atoms with Crippen molar-refractivity contribution >= 4 is 12.2 Å². The van der Waals surface area contributed by atoms with Gasteiger partial charge in [0.2, 0.25) is 5.91 Å². The molecule has 0 spiro atoms. The predicted molar refractivity (Wildman–Crippen MR) is 61.0 cm³/mol. The Balaban J connectivity index is 1.59. The third-order valence-corrected chi connectivity index (χ3v) is 3.42. The van der Waals surface area contributed by atoms with E-state index in [2.05, 4.69) is 10.2 Å². The van der Waals surface area contributed by atoms with Gasteiger partial charge in [0, 0.05) is 24.9 Å². The van der Waals surface area contributed by atoms with Crippen LogP contribution in [0, 0.1) is 5.92 Å². The Kier molecular flexibility index (Phi) is 3.93. The maximum atomic E-state index is 11.5. The van der Waals surface area contributed by atoms with E-state index in [1.165, 1.54) is 0 Å². The number of aldehydes is 1. The van der Waals surface area contributed by atoms with Gasteiger partial charge in [-0.25, -0.2) is 0 Å². The topological polar surface area (TPSA) is 49.4 Å². The van der Waals surface area contributed by atoms with E-state index in [0.717, 1.165) is 51.6 Å². The van der Waals surface area contributed by atoms with Crippen LogP contribution in [0.2, 0.25) is 0 Å². The van der Waals surface area contributed by atoms with Crippen LogP contribution >= 0.6 is 0 Å². The van der Waals surface area contributed by atoms with E-state index < -0.39 is 0 Å². The molecule has 1 amide bonds. The molecule has 4 nitrogen and oxygen atoms in total. The third kappa shape index (κ3) is 3.59. The lowest BCUT2D eigenvalue weighted by atomic mass is 9.98. The molecule has 0 radical (unpaired) electrons. The first kappa shape index (κ1) is 11.6. The van der Waals surface area contributed by atoms with Gasteiger partial charge >= 0.3 is 0 Å². The summed E-state index contributed by atoms with van der Waals surface area (Å²) in [5, 5.41) is 2.99. The molecule has 1 saturated carbocycles. The average Bonchev–Trinajstić information content (AvgIpc) is 3.11. The van der Waals surface area contributed by atoms with Gasteiger partial charge in [-0.2, -0.15) is 0 Å². The van der Waals surface area contributed by atoms with Crippen molar-refractivity contribution in [3.05, 3.63) is 0 Å². The molecule has 1 heterocycles. The van der Waals surface area contributed by atoms with Crippen LogP contribution in [0.3, 0.4) is 0 Å². The van der Waals surface area contributed by atoms with E-state index in [0.29, 0.717) is 12.5 Å². The Hall–Kier alpha value is -0.900. The summed E-state index contributed by atoms with van der Waals surface area (Å²) in [5.41, 5.74) is 0. The van der Waals surface area contributed by atoms with Crippen molar-refractivity contribution in [3.63, 3.8) is 0 Å². The minimum Gasteiger partial charge on any atom is -0.353 e. The van der Waals surface area contributed by atoms with Gasteiger partial charge in [-0.1, -0.05) is 0 Å². The molecular formula is C12H20N2O2. The van der Waals surface area contributed by atoms with Gasteiger partial charge in [-0.3, -0.25) is 4.79 Å². The minimum absolute atomic E-state index is 0.181. The number of nitrogens with one attached hydrogen (secondary N) is 1. The molecule has 0 aromatic rings. The van der Waals surface area contributed by atoms with Crippen molar-refractivity contribution in [1.29, 1.82) is 0 Å². The summed E-state index contributed by atoms with van der Waals surface area (Å²) in [6.07, 6.45) is 5.87. The number of piperidine rings is 1. The van der Waals surface area contributed by atoms with Crippen LogP contribution in [0.5, 0.6) is 0 Å². The van der Waals surface area contributed by atoms with Crippen LogP contribution in [0.15, 0.2) is 0 Å². The molecule has 0 unspecified atom stereocenters. The number of hydrogen-bond donors (Lipinski definition) is 1. The van der Waals surface area contributed by atoms with E-state index in [4.69, 9.17) is 0 Å². The van der Waals surface area contributed by atoms with Crippen molar-refractivity contribution in [3.8, 4) is 0 Å². The van der Waals surface area contributed by atoms with E-state index >= 15 is 0 Å². The van der Waals surface area contributed by atoms with Crippen LogP contribution in [0.25, 0.3) is 0 Å². The van der Waals surface area contributed by atoms with Gasteiger partial charge in [-0.15, -0.1) is 0 Å². The maximum absolute atomic E-state index is 11.5. The van der Waals surface area contributed by atoms with Crippen molar-refractivity contribution < 1.29 is 9.59 Å². The second-order valence-corrected chi connectivity index (χ2v) is 4.91. The van der Waals surface area contributed by atoms with Crippen LogP contribution in [0.4, 0.5) is 0 Å². The molecule has 1 saturated heterocycles. The van der Waals surface area contributed by atoms with E-state index in [1.807, 2.05) is 0 Å². The highest BCUT2D eigenvalue weighted by molar-refractivity contribution is 5.76. The lowest BCUT2D eigenvalue weighted by Gasteiger charge is -2.29. The number of likely N-dealkylation sites (tertiary alicyclic amines) is 1. The molecule has 2 rings (SSSR count). The molecule has 2 fully saturated rings.